The van der Waals surface area contributed by atoms with Crippen LogP contribution in [0.3, 0.4) is 0 Å². The molecule has 1 saturated heterocycles. The Morgan fingerprint density at radius 2 is 1.92 bits per heavy atom. The Hall–Kier alpha value is -1.95. The molecule has 1 amide bonds. The summed E-state index contributed by atoms with van der Waals surface area (Å²) in [4.78, 5) is 24.0. The Labute approximate surface area is 229 Å². The van der Waals surface area contributed by atoms with E-state index in [0.717, 1.165) is 49.4 Å². The molecule has 7 atom stereocenters. The maximum absolute atomic E-state index is 12.8. The van der Waals surface area contributed by atoms with Crippen LogP contribution in [-0.4, -0.2) is 47.1 Å². The molecule has 1 aliphatic heterocycles. The van der Waals surface area contributed by atoms with Gasteiger partial charge in [-0.3, -0.25) is 4.79 Å². The summed E-state index contributed by atoms with van der Waals surface area (Å²) in [5, 5.41) is 0. The number of hydrogen-bond acceptors (Lipinski definition) is 5. The number of carbonyl (C=O) groups excluding carboxylic acids is 1. The molecule has 2 heterocycles. The maximum atomic E-state index is 12.8. The summed E-state index contributed by atoms with van der Waals surface area (Å²) in [5.74, 6) is 4.28. The number of fused-ring (bicyclic) bond motifs is 6. The van der Waals surface area contributed by atoms with Crippen molar-refractivity contribution in [1.29, 1.82) is 0 Å². The number of anilines is 1. The van der Waals surface area contributed by atoms with Crippen LogP contribution in [0.4, 0.5) is 5.95 Å². The predicted molar refractivity (Wildman–Crippen MR) is 150 cm³/mol. The third-order valence-electron chi connectivity index (χ3n) is 12.1. The Morgan fingerprint density at radius 3 is 2.68 bits per heavy atom. The van der Waals surface area contributed by atoms with Crippen LogP contribution in [0.1, 0.15) is 90.8 Å². The molecule has 0 unspecified atom stereocenters. The lowest BCUT2D eigenvalue weighted by molar-refractivity contribution is -0.135. The van der Waals surface area contributed by atoms with Crippen LogP contribution < -0.4 is 5.73 Å². The number of allylic oxidation sites excluding steroid dienone is 2. The third-order valence-corrected chi connectivity index (χ3v) is 12.1. The van der Waals surface area contributed by atoms with Crippen molar-refractivity contribution in [2.75, 3.05) is 32.0 Å². The van der Waals surface area contributed by atoms with Crippen molar-refractivity contribution >= 4 is 11.9 Å². The number of ether oxygens (including phenoxy) is 1. The summed E-state index contributed by atoms with van der Waals surface area (Å²) in [6.45, 7) is 15.2. The Kier molecular flexibility index (Phi) is 6.44. The first-order chi connectivity index (χ1) is 18.1. The average Bonchev–Trinajstić information content (AvgIpc) is 3.25. The van der Waals surface area contributed by atoms with Crippen molar-refractivity contribution in [3.05, 3.63) is 29.1 Å². The highest BCUT2D eigenvalue weighted by Crippen LogP contribution is 2.68. The number of nitrogens with two attached hydrogens (primary N) is 1. The first kappa shape index (κ1) is 26.3. The molecule has 2 N–H and O–H groups in total. The van der Waals surface area contributed by atoms with Gasteiger partial charge in [0.05, 0.1) is 18.9 Å². The molecule has 0 aromatic carbocycles. The Balaban J connectivity index is 1.20. The summed E-state index contributed by atoms with van der Waals surface area (Å²) in [6.07, 6.45) is 13.9. The smallest absolute Gasteiger partial charge is 0.222 e. The summed E-state index contributed by atoms with van der Waals surface area (Å²) in [5.41, 5.74) is 10.5. The number of rotatable bonds is 4. The van der Waals surface area contributed by atoms with E-state index in [1.165, 1.54) is 37.7 Å². The second kappa shape index (κ2) is 9.31. The lowest BCUT2D eigenvalue weighted by Gasteiger charge is -2.60. The van der Waals surface area contributed by atoms with E-state index < -0.39 is 0 Å². The second-order valence-corrected chi connectivity index (χ2v) is 14.3. The average molecular weight is 521 g/mol. The summed E-state index contributed by atoms with van der Waals surface area (Å²) in [6, 6.07) is 0. The first-order valence-electron chi connectivity index (χ1n) is 15.2. The molecule has 2 saturated carbocycles. The number of aromatic nitrogens is 2. The highest BCUT2D eigenvalue weighted by atomic mass is 16.5. The van der Waals surface area contributed by atoms with E-state index in [2.05, 4.69) is 45.7 Å². The first-order valence-corrected chi connectivity index (χ1v) is 15.2. The summed E-state index contributed by atoms with van der Waals surface area (Å²) in [7, 11) is 0. The lowest BCUT2D eigenvalue weighted by Crippen LogP contribution is -2.54. The number of nitrogens with zero attached hydrogens (tertiary/aromatic N) is 3. The van der Waals surface area contributed by atoms with E-state index in [1.807, 2.05) is 11.1 Å². The van der Waals surface area contributed by atoms with Gasteiger partial charge in [0.2, 0.25) is 11.9 Å². The fraction of sp³-hybridized carbons (Fsp3) is 0.781. The molecule has 38 heavy (non-hydrogen) atoms. The van der Waals surface area contributed by atoms with E-state index in [4.69, 9.17) is 15.5 Å². The summed E-state index contributed by atoms with van der Waals surface area (Å²) < 4.78 is 5.44. The van der Waals surface area contributed by atoms with Gasteiger partial charge in [0.15, 0.2) is 0 Å². The zero-order valence-electron chi connectivity index (χ0n) is 24.3. The highest BCUT2D eigenvalue weighted by molar-refractivity contribution is 5.76. The number of amides is 1. The van der Waals surface area contributed by atoms with Crippen LogP contribution in [0.15, 0.2) is 17.8 Å². The van der Waals surface area contributed by atoms with Gasteiger partial charge in [-0.2, -0.15) is 0 Å². The molecular formula is C32H48N4O2. The molecule has 1 aromatic rings. The summed E-state index contributed by atoms with van der Waals surface area (Å²) >= 11 is 0. The quantitative estimate of drug-likeness (QED) is 0.526. The van der Waals surface area contributed by atoms with Crippen LogP contribution in [0.2, 0.25) is 0 Å². The minimum atomic E-state index is -0.106. The van der Waals surface area contributed by atoms with Crippen LogP contribution >= 0.6 is 0 Å². The largest absolute Gasteiger partial charge is 0.378 e. The van der Waals surface area contributed by atoms with Gasteiger partial charge >= 0.3 is 0 Å². The lowest BCUT2D eigenvalue weighted by atomic mass is 9.44. The fourth-order valence-corrected chi connectivity index (χ4v) is 10.4. The Bertz CT molecular complexity index is 1120. The van der Waals surface area contributed by atoms with E-state index >= 15 is 0 Å². The van der Waals surface area contributed by atoms with E-state index in [-0.39, 0.29) is 10.8 Å². The number of nitrogen functional groups attached to an aromatic ring is 1. The van der Waals surface area contributed by atoms with Crippen molar-refractivity contribution in [3.8, 4) is 0 Å². The fourth-order valence-electron chi connectivity index (χ4n) is 10.4. The molecule has 6 rings (SSSR count). The third kappa shape index (κ3) is 3.95. The topological polar surface area (TPSA) is 81.3 Å². The number of hydrogen-bond donors (Lipinski definition) is 1. The van der Waals surface area contributed by atoms with Crippen molar-refractivity contribution < 1.29 is 9.53 Å². The molecule has 5 aliphatic rings. The molecule has 3 fully saturated rings. The van der Waals surface area contributed by atoms with Gasteiger partial charge in [-0.25, -0.2) is 9.97 Å². The zero-order chi connectivity index (χ0) is 26.9. The van der Waals surface area contributed by atoms with Crippen molar-refractivity contribution in [2.24, 2.45) is 40.4 Å². The van der Waals surface area contributed by atoms with Gasteiger partial charge in [0, 0.05) is 31.1 Å². The van der Waals surface area contributed by atoms with Gasteiger partial charge < -0.3 is 15.4 Å². The van der Waals surface area contributed by atoms with Gasteiger partial charge in [-0.15, -0.1) is 0 Å². The standard InChI is InChI=1S/C32H48N4O2/c1-20(6-11-27(37)36-14-16-38-17-15-36)23-8-9-24-22-7-10-26-30(2,3)28-21(19-34-29(33)35-28)18-32(26,5)25(22)12-13-31(23,24)4/h10,19-20,22-25H,6-9,11-18H2,1-5H3,(H2,33,34,35)/t20-,22+,23-,24+,25+,31-,32-/m1/s1. The van der Waals surface area contributed by atoms with Crippen LogP contribution in [0, 0.1) is 40.4 Å². The molecule has 0 spiro atoms. The van der Waals surface area contributed by atoms with Crippen LogP contribution in [0.25, 0.3) is 0 Å². The van der Waals surface area contributed by atoms with E-state index in [9.17, 15) is 4.79 Å². The number of carbonyl (C=O) groups is 1. The van der Waals surface area contributed by atoms with Crippen LogP contribution in [0.5, 0.6) is 0 Å². The molecule has 6 heteroatoms. The van der Waals surface area contributed by atoms with E-state index in [0.29, 0.717) is 48.7 Å². The Morgan fingerprint density at radius 1 is 1.16 bits per heavy atom. The molecular weight excluding hydrogens is 472 g/mol. The minimum Gasteiger partial charge on any atom is -0.378 e. The predicted octanol–water partition coefficient (Wildman–Crippen LogP) is 5.56. The van der Waals surface area contributed by atoms with Gasteiger partial charge in [-0.05, 0) is 90.9 Å². The molecule has 208 valence electrons. The highest BCUT2D eigenvalue weighted by Gasteiger charge is 2.61. The minimum absolute atomic E-state index is 0.106. The molecule has 0 radical (unpaired) electrons. The zero-order valence-corrected chi connectivity index (χ0v) is 24.3. The number of morpholine rings is 1. The molecule has 6 nitrogen and oxygen atoms in total. The van der Waals surface area contributed by atoms with Crippen molar-refractivity contribution in [2.45, 2.75) is 91.4 Å². The van der Waals surface area contributed by atoms with Gasteiger partial charge in [-0.1, -0.05) is 46.3 Å². The SMILES string of the molecule is C[C@H](CCC(=O)N1CCOCC1)[C@H]1CC[C@H]2[C@@H]3CC=C4C(C)(C)c5nc(N)ncc5C[C@]4(C)[C@H]3CC[C@]12C. The van der Waals surface area contributed by atoms with Gasteiger partial charge in [0.1, 0.15) is 0 Å². The second-order valence-electron chi connectivity index (χ2n) is 14.3. The molecule has 4 aliphatic carbocycles. The van der Waals surface area contributed by atoms with Crippen molar-refractivity contribution in [1.82, 2.24) is 14.9 Å². The van der Waals surface area contributed by atoms with Crippen molar-refractivity contribution in [3.63, 3.8) is 0 Å². The normalized spacial score (nSPS) is 38.3. The van der Waals surface area contributed by atoms with Gasteiger partial charge in [0.25, 0.3) is 0 Å². The van der Waals surface area contributed by atoms with Crippen LogP contribution in [-0.2, 0) is 21.4 Å². The molecule has 1 aromatic heterocycles. The molecule has 0 bridgehead atoms. The van der Waals surface area contributed by atoms with E-state index in [1.54, 1.807) is 5.57 Å². The maximum Gasteiger partial charge on any atom is 0.222 e. The monoisotopic (exact) mass is 520 g/mol.